The molecule has 3 nitrogen and oxygen atoms in total. The molecule has 0 saturated carbocycles. The third-order valence-corrected chi connectivity index (χ3v) is 6.81. The van der Waals surface area contributed by atoms with Gasteiger partial charge >= 0.3 is 0 Å². The van der Waals surface area contributed by atoms with Crippen molar-refractivity contribution in [1.29, 1.82) is 0 Å². The van der Waals surface area contributed by atoms with Gasteiger partial charge in [-0.15, -0.1) is 11.3 Å². The molecule has 0 aliphatic heterocycles. The molecule has 0 amide bonds. The van der Waals surface area contributed by atoms with Crippen molar-refractivity contribution in [3.8, 4) is 5.69 Å². The van der Waals surface area contributed by atoms with E-state index in [-0.39, 0.29) is 0 Å². The van der Waals surface area contributed by atoms with Crippen LogP contribution in [0.2, 0.25) is 0 Å². The summed E-state index contributed by atoms with van der Waals surface area (Å²) in [5.74, 6) is 0. The molecule has 0 bridgehead atoms. The zero-order chi connectivity index (χ0) is 18.9. The SMILES string of the molecule is c1ccc2c(c1)c1ccccc1n2-c1ccc2c(c1)c1sccc1n1nccc21. The van der Waals surface area contributed by atoms with Crippen LogP contribution in [0.25, 0.3) is 54.0 Å². The molecule has 0 radical (unpaired) electrons. The number of aromatic nitrogens is 3. The van der Waals surface area contributed by atoms with Crippen LogP contribution in [-0.4, -0.2) is 14.2 Å². The average molecular weight is 389 g/mol. The largest absolute Gasteiger partial charge is 0.309 e. The number of thiophene rings is 1. The van der Waals surface area contributed by atoms with Gasteiger partial charge in [-0.3, -0.25) is 0 Å². The van der Waals surface area contributed by atoms with Crippen LogP contribution < -0.4 is 0 Å². The van der Waals surface area contributed by atoms with Crippen LogP contribution in [0.3, 0.4) is 0 Å². The van der Waals surface area contributed by atoms with Crippen molar-refractivity contribution in [3.05, 3.63) is 90.4 Å². The number of pyridine rings is 1. The average Bonchev–Trinajstić information content (AvgIpc) is 3.50. The van der Waals surface area contributed by atoms with E-state index >= 15 is 0 Å². The quantitative estimate of drug-likeness (QED) is 0.303. The van der Waals surface area contributed by atoms with Gasteiger partial charge < -0.3 is 4.57 Å². The smallest absolute Gasteiger partial charge is 0.0839 e. The third kappa shape index (κ3) is 1.94. The number of nitrogens with zero attached hydrogens (tertiary/aromatic N) is 3. The highest BCUT2D eigenvalue weighted by atomic mass is 32.1. The Kier molecular flexibility index (Phi) is 2.88. The highest BCUT2D eigenvalue weighted by Crippen LogP contribution is 2.36. The van der Waals surface area contributed by atoms with E-state index in [2.05, 4.69) is 93.9 Å². The normalized spacial score (nSPS) is 12.1. The van der Waals surface area contributed by atoms with Gasteiger partial charge in [-0.2, -0.15) is 5.10 Å². The highest BCUT2D eigenvalue weighted by Gasteiger charge is 2.14. The van der Waals surface area contributed by atoms with Gasteiger partial charge in [0.05, 0.1) is 33.0 Å². The van der Waals surface area contributed by atoms with Gasteiger partial charge in [0.1, 0.15) is 0 Å². The minimum Gasteiger partial charge on any atom is -0.309 e. The fourth-order valence-electron chi connectivity index (χ4n) is 4.65. The molecule has 29 heavy (non-hydrogen) atoms. The van der Waals surface area contributed by atoms with E-state index in [0.29, 0.717) is 0 Å². The summed E-state index contributed by atoms with van der Waals surface area (Å²) in [6.45, 7) is 0. The second kappa shape index (κ2) is 5.46. The summed E-state index contributed by atoms with van der Waals surface area (Å²) < 4.78 is 5.71. The van der Waals surface area contributed by atoms with Gasteiger partial charge in [0.15, 0.2) is 0 Å². The Balaban J connectivity index is 1.66. The fraction of sp³-hybridized carbons (Fsp3) is 0. The van der Waals surface area contributed by atoms with Crippen molar-refractivity contribution < 1.29 is 0 Å². The first kappa shape index (κ1) is 15.3. The van der Waals surface area contributed by atoms with E-state index < -0.39 is 0 Å². The Labute approximate surface area is 170 Å². The Bertz CT molecular complexity index is 1660. The molecule has 4 heterocycles. The number of hydrogen-bond donors (Lipinski definition) is 0. The van der Waals surface area contributed by atoms with Gasteiger partial charge in [0.2, 0.25) is 0 Å². The van der Waals surface area contributed by atoms with Crippen molar-refractivity contribution >= 4 is 59.6 Å². The maximum atomic E-state index is 4.54. The first-order valence-corrected chi connectivity index (χ1v) is 10.5. The van der Waals surface area contributed by atoms with Crippen LogP contribution in [0.4, 0.5) is 0 Å². The Morgan fingerprint density at radius 1 is 0.621 bits per heavy atom. The zero-order valence-electron chi connectivity index (χ0n) is 15.4. The van der Waals surface area contributed by atoms with E-state index in [1.807, 2.05) is 10.7 Å². The summed E-state index contributed by atoms with van der Waals surface area (Å²) in [7, 11) is 0. The van der Waals surface area contributed by atoms with E-state index in [9.17, 15) is 0 Å². The van der Waals surface area contributed by atoms with Crippen LogP contribution in [-0.2, 0) is 0 Å². The summed E-state index contributed by atoms with van der Waals surface area (Å²) in [5, 5.41) is 11.8. The lowest BCUT2D eigenvalue weighted by Crippen LogP contribution is -1.95. The molecule has 0 aliphatic carbocycles. The molecule has 0 fully saturated rings. The molecule has 4 heteroatoms. The monoisotopic (exact) mass is 389 g/mol. The van der Waals surface area contributed by atoms with Gasteiger partial charge in [0, 0.05) is 27.2 Å². The van der Waals surface area contributed by atoms with Crippen LogP contribution in [0.15, 0.2) is 90.4 Å². The van der Waals surface area contributed by atoms with Crippen molar-refractivity contribution in [2.45, 2.75) is 0 Å². The van der Waals surface area contributed by atoms with E-state index in [1.54, 1.807) is 11.3 Å². The van der Waals surface area contributed by atoms with E-state index in [1.165, 1.54) is 48.5 Å². The summed E-state index contributed by atoms with van der Waals surface area (Å²) in [4.78, 5) is 0. The lowest BCUT2D eigenvalue weighted by Gasteiger charge is -2.11. The van der Waals surface area contributed by atoms with Crippen LogP contribution in [0, 0.1) is 0 Å². The standard InChI is InChI=1S/C25H15N3S/c1-3-7-21-17(5-1)18-6-2-4-8-22(18)27(21)16-9-10-19-20(15-16)25-24(12-14-29-25)28-23(19)11-13-26-28/h1-15H. The van der Waals surface area contributed by atoms with Gasteiger partial charge in [0.25, 0.3) is 0 Å². The molecular formula is C25H15N3S. The number of hydrogen-bond acceptors (Lipinski definition) is 2. The topological polar surface area (TPSA) is 22.2 Å². The summed E-state index contributed by atoms with van der Waals surface area (Å²) >= 11 is 1.78. The molecule has 7 rings (SSSR count). The summed E-state index contributed by atoms with van der Waals surface area (Å²) in [6.07, 6.45) is 1.88. The molecule has 7 aromatic rings. The van der Waals surface area contributed by atoms with Gasteiger partial charge in [-0.05, 0) is 41.8 Å². The minimum absolute atomic E-state index is 1.15. The van der Waals surface area contributed by atoms with E-state index in [4.69, 9.17) is 0 Å². The molecule has 136 valence electrons. The van der Waals surface area contributed by atoms with Crippen LogP contribution in [0.5, 0.6) is 0 Å². The summed E-state index contributed by atoms with van der Waals surface area (Å²) in [5.41, 5.74) is 5.98. The van der Waals surface area contributed by atoms with Gasteiger partial charge in [-0.25, -0.2) is 4.52 Å². The molecule has 0 aliphatic rings. The number of para-hydroxylation sites is 2. The Hall–Kier alpha value is -3.63. The first-order chi connectivity index (χ1) is 14.4. The second-order valence-corrected chi connectivity index (χ2v) is 8.28. The van der Waals surface area contributed by atoms with Crippen LogP contribution >= 0.6 is 11.3 Å². The molecule has 0 saturated heterocycles. The van der Waals surface area contributed by atoms with Crippen molar-refractivity contribution in [2.75, 3.05) is 0 Å². The minimum atomic E-state index is 1.15. The molecule has 3 aromatic carbocycles. The third-order valence-electron chi connectivity index (χ3n) is 5.88. The molecule has 0 N–H and O–H groups in total. The Morgan fingerprint density at radius 2 is 1.34 bits per heavy atom. The van der Waals surface area contributed by atoms with Crippen molar-refractivity contribution in [1.82, 2.24) is 14.2 Å². The molecular weight excluding hydrogens is 374 g/mol. The van der Waals surface area contributed by atoms with Crippen molar-refractivity contribution in [2.24, 2.45) is 0 Å². The maximum absolute atomic E-state index is 4.54. The molecule has 4 aromatic heterocycles. The van der Waals surface area contributed by atoms with Crippen molar-refractivity contribution in [3.63, 3.8) is 0 Å². The summed E-state index contributed by atoms with van der Waals surface area (Å²) in [6, 6.07) is 28.4. The Morgan fingerprint density at radius 3 is 2.14 bits per heavy atom. The van der Waals surface area contributed by atoms with E-state index in [0.717, 1.165) is 5.52 Å². The lowest BCUT2D eigenvalue weighted by molar-refractivity contribution is 1.01. The zero-order valence-corrected chi connectivity index (χ0v) is 16.2. The molecule has 0 atom stereocenters. The van der Waals surface area contributed by atoms with Gasteiger partial charge in [-0.1, -0.05) is 42.5 Å². The predicted octanol–water partition coefficient (Wildman–Crippen LogP) is 6.80. The first-order valence-electron chi connectivity index (χ1n) is 9.65. The highest BCUT2D eigenvalue weighted by molar-refractivity contribution is 7.18. The number of benzene rings is 3. The lowest BCUT2D eigenvalue weighted by atomic mass is 10.1. The predicted molar refractivity (Wildman–Crippen MR) is 122 cm³/mol. The number of rotatable bonds is 1. The fourth-order valence-corrected chi connectivity index (χ4v) is 5.56. The maximum Gasteiger partial charge on any atom is 0.0839 e. The number of fused-ring (bicyclic) bond motifs is 9. The molecule has 0 spiro atoms. The van der Waals surface area contributed by atoms with Crippen LogP contribution in [0.1, 0.15) is 0 Å². The second-order valence-electron chi connectivity index (χ2n) is 7.36. The molecule has 0 unspecified atom stereocenters.